The summed E-state index contributed by atoms with van der Waals surface area (Å²) in [4.78, 5) is 22.4. The van der Waals surface area contributed by atoms with Crippen LogP contribution in [0.4, 0.5) is 5.69 Å². The molecule has 0 fully saturated rings. The summed E-state index contributed by atoms with van der Waals surface area (Å²) in [6, 6.07) is 14.2. The predicted octanol–water partition coefficient (Wildman–Crippen LogP) is 3.26. The second-order valence-corrected chi connectivity index (χ2v) is 5.81. The zero-order valence-electron chi connectivity index (χ0n) is 14.2. The number of amides is 2. The average molecular weight is 336 g/mol. The van der Waals surface area contributed by atoms with E-state index in [9.17, 15) is 9.59 Å². The van der Waals surface area contributed by atoms with Crippen LogP contribution in [0.15, 0.2) is 47.6 Å². The number of rotatable bonds is 6. The third kappa shape index (κ3) is 3.38. The zero-order chi connectivity index (χ0) is 17.8. The number of aromatic nitrogens is 1. The maximum Gasteiger partial charge on any atom is 0.230 e. The van der Waals surface area contributed by atoms with Crippen LogP contribution in [-0.2, 0) is 16.1 Å². The van der Waals surface area contributed by atoms with Crippen molar-refractivity contribution in [3.05, 3.63) is 42.5 Å². The van der Waals surface area contributed by atoms with Crippen molar-refractivity contribution in [3.63, 3.8) is 0 Å². The van der Waals surface area contributed by atoms with Crippen molar-refractivity contribution < 1.29 is 9.59 Å². The summed E-state index contributed by atoms with van der Waals surface area (Å²) in [5.74, 6) is -0.174. The third-order valence-electron chi connectivity index (χ3n) is 4.10. The van der Waals surface area contributed by atoms with E-state index in [0.29, 0.717) is 12.1 Å². The highest BCUT2D eigenvalue weighted by atomic mass is 16.1. The first kappa shape index (κ1) is 16.7. The van der Waals surface area contributed by atoms with E-state index in [2.05, 4.69) is 39.5 Å². The molecule has 0 bridgehead atoms. The molecule has 0 saturated carbocycles. The Bertz CT molecular complexity index is 972. The highest BCUT2D eigenvalue weighted by Gasteiger charge is 2.11. The molecule has 1 heterocycles. The van der Waals surface area contributed by atoms with Crippen molar-refractivity contribution in [2.24, 2.45) is 5.10 Å². The SMILES string of the molecule is CCn1c2ccccc2c2cc(NC(=O)C/C(C)=N\NC=O)ccc21. The van der Waals surface area contributed by atoms with Crippen LogP contribution in [0.2, 0.25) is 0 Å². The van der Waals surface area contributed by atoms with Gasteiger partial charge in [-0.25, -0.2) is 5.43 Å². The van der Waals surface area contributed by atoms with Gasteiger partial charge in [0.05, 0.1) is 6.42 Å². The normalized spacial score (nSPS) is 11.7. The van der Waals surface area contributed by atoms with Crippen LogP contribution < -0.4 is 10.7 Å². The van der Waals surface area contributed by atoms with Gasteiger partial charge in [0.25, 0.3) is 0 Å². The molecule has 3 aromatic rings. The Morgan fingerprint density at radius 1 is 1.16 bits per heavy atom. The van der Waals surface area contributed by atoms with Crippen LogP contribution >= 0.6 is 0 Å². The number of hydrogen-bond acceptors (Lipinski definition) is 3. The van der Waals surface area contributed by atoms with Gasteiger partial charge in [-0.05, 0) is 38.1 Å². The number of fused-ring (bicyclic) bond motifs is 3. The van der Waals surface area contributed by atoms with Gasteiger partial charge in [-0.2, -0.15) is 5.10 Å². The van der Waals surface area contributed by atoms with Crippen LogP contribution in [0.25, 0.3) is 21.8 Å². The van der Waals surface area contributed by atoms with Crippen LogP contribution in [-0.4, -0.2) is 22.6 Å². The molecule has 0 unspecified atom stereocenters. The fourth-order valence-electron chi connectivity index (χ4n) is 3.09. The van der Waals surface area contributed by atoms with E-state index in [-0.39, 0.29) is 12.3 Å². The van der Waals surface area contributed by atoms with Gasteiger partial charge in [0.1, 0.15) is 0 Å². The molecule has 0 saturated heterocycles. The molecule has 1 aromatic heterocycles. The van der Waals surface area contributed by atoms with Gasteiger partial charge in [-0.3, -0.25) is 9.59 Å². The molecule has 2 aromatic carbocycles. The Morgan fingerprint density at radius 2 is 1.92 bits per heavy atom. The first-order chi connectivity index (χ1) is 12.1. The highest BCUT2D eigenvalue weighted by molar-refractivity contribution is 6.11. The summed E-state index contributed by atoms with van der Waals surface area (Å²) in [5, 5.41) is 8.94. The number of nitrogens with zero attached hydrogens (tertiary/aromatic N) is 2. The van der Waals surface area contributed by atoms with E-state index in [1.165, 1.54) is 10.9 Å². The van der Waals surface area contributed by atoms with Gasteiger partial charge < -0.3 is 9.88 Å². The van der Waals surface area contributed by atoms with Gasteiger partial charge in [-0.1, -0.05) is 18.2 Å². The molecule has 0 aliphatic carbocycles. The van der Waals surface area contributed by atoms with Crippen molar-refractivity contribution in [1.29, 1.82) is 0 Å². The Labute approximate surface area is 145 Å². The summed E-state index contributed by atoms with van der Waals surface area (Å²) >= 11 is 0. The van der Waals surface area contributed by atoms with Gasteiger partial charge in [0.15, 0.2) is 0 Å². The Balaban J connectivity index is 1.90. The van der Waals surface area contributed by atoms with E-state index in [1.54, 1.807) is 6.92 Å². The van der Waals surface area contributed by atoms with Gasteiger partial charge in [0.2, 0.25) is 12.3 Å². The number of para-hydroxylation sites is 1. The maximum atomic E-state index is 12.1. The van der Waals surface area contributed by atoms with E-state index < -0.39 is 0 Å². The van der Waals surface area contributed by atoms with Crippen LogP contribution in [0.3, 0.4) is 0 Å². The van der Waals surface area contributed by atoms with Gasteiger partial charge in [-0.15, -0.1) is 0 Å². The number of carbonyl (C=O) groups is 2. The monoisotopic (exact) mass is 336 g/mol. The topological polar surface area (TPSA) is 75.5 Å². The first-order valence-corrected chi connectivity index (χ1v) is 8.17. The lowest BCUT2D eigenvalue weighted by molar-refractivity contribution is -0.115. The molecule has 128 valence electrons. The number of hydrazone groups is 1. The fourth-order valence-corrected chi connectivity index (χ4v) is 3.09. The van der Waals surface area contributed by atoms with Gasteiger partial charge >= 0.3 is 0 Å². The highest BCUT2D eigenvalue weighted by Crippen LogP contribution is 2.30. The number of nitrogens with one attached hydrogen (secondary N) is 2. The molecule has 2 amide bonds. The number of hydrogen-bond donors (Lipinski definition) is 2. The van der Waals surface area contributed by atoms with Crippen molar-refractivity contribution in [2.45, 2.75) is 26.8 Å². The standard InChI is InChI=1S/C19H20N4O2/c1-3-23-17-7-5-4-6-15(17)16-11-14(8-9-18(16)23)21-19(25)10-13(2)22-20-12-24/h4-9,11-12H,3,10H2,1-2H3,(H,20,24)(H,21,25)/b22-13-. The molecule has 2 N–H and O–H groups in total. The first-order valence-electron chi connectivity index (χ1n) is 8.17. The fraction of sp³-hybridized carbons (Fsp3) is 0.211. The molecule has 0 spiro atoms. The molecular formula is C19H20N4O2. The van der Waals surface area contributed by atoms with Crippen LogP contribution in [0.1, 0.15) is 20.3 Å². The summed E-state index contributed by atoms with van der Waals surface area (Å²) < 4.78 is 2.26. The largest absolute Gasteiger partial charge is 0.341 e. The van der Waals surface area contributed by atoms with E-state index in [4.69, 9.17) is 0 Å². The number of carbonyl (C=O) groups excluding carboxylic acids is 2. The number of anilines is 1. The van der Waals surface area contributed by atoms with E-state index in [0.717, 1.165) is 23.1 Å². The number of aryl methyl sites for hydroxylation is 1. The minimum absolute atomic E-state index is 0.121. The minimum Gasteiger partial charge on any atom is -0.341 e. The van der Waals surface area contributed by atoms with Crippen LogP contribution in [0.5, 0.6) is 0 Å². The second kappa shape index (κ2) is 7.17. The second-order valence-electron chi connectivity index (χ2n) is 5.81. The molecule has 3 rings (SSSR count). The van der Waals surface area contributed by atoms with Crippen molar-refractivity contribution in [3.8, 4) is 0 Å². The van der Waals surface area contributed by atoms with Crippen molar-refractivity contribution in [1.82, 2.24) is 9.99 Å². The van der Waals surface area contributed by atoms with E-state index in [1.807, 2.05) is 30.3 Å². The molecule has 0 atom stereocenters. The lowest BCUT2D eigenvalue weighted by Crippen LogP contribution is -2.16. The van der Waals surface area contributed by atoms with Gasteiger partial charge in [0, 0.05) is 39.7 Å². The lowest BCUT2D eigenvalue weighted by Gasteiger charge is -2.06. The Morgan fingerprint density at radius 3 is 2.68 bits per heavy atom. The molecule has 0 aliphatic rings. The van der Waals surface area contributed by atoms with Crippen molar-refractivity contribution in [2.75, 3.05) is 5.32 Å². The minimum atomic E-state index is -0.174. The number of benzene rings is 2. The summed E-state index contributed by atoms with van der Waals surface area (Å²) in [7, 11) is 0. The van der Waals surface area contributed by atoms with E-state index >= 15 is 0 Å². The summed E-state index contributed by atoms with van der Waals surface area (Å²) in [5.41, 5.74) is 5.81. The summed E-state index contributed by atoms with van der Waals surface area (Å²) in [6.07, 6.45) is 0.592. The molecule has 0 radical (unpaired) electrons. The van der Waals surface area contributed by atoms with Crippen molar-refractivity contribution >= 4 is 45.5 Å². The third-order valence-corrected chi connectivity index (χ3v) is 4.10. The molecule has 25 heavy (non-hydrogen) atoms. The quantitative estimate of drug-likeness (QED) is 0.412. The van der Waals surface area contributed by atoms with Crippen LogP contribution in [0, 0.1) is 0 Å². The maximum absolute atomic E-state index is 12.1. The zero-order valence-corrected chi connectivity index (χ0v) is 14.2. The smallest absolute Gasteiger partial charge is 0.230 e. The molecule has 6 heteroatoms. The molecular weight excluding hydrogens is 316 g/mol. The molecule has 0 aliphatic heterocycles. The predicted molar refractivity (Wildman–Crippen MR) is 101 cm³/mol. The summed E-state index contributed by atoms with van der Waals surface area (Å²) in [6.45, 7) is 4.69. The lowest BCUT2D eigenvalue weighted by atomic mass is 10.1. The Kier molecular flexibility index (Phi) is 4.79. The Hall–Kier alpha value is -3.15. The molecule has 6 nitrogen and oxygen atoms in total. The average Bonchev–Trinajstić information content (AvgIpc) is 2.93.